The zero-order valence-corrected chi connectivity index (χ0v) is 10.9. The van der Waals surface area contributed by atoms with Gasteiger partial charge in [0.1, 0.15) is 0 Å². The molecule has 0 saturated carbocycles. The Morgan fingerprint density at radius 1 is 1.28 bits per heavy atom. The summed E-state index contributed by atoms with van der Waals surface area (Å²) >= 11 is 0. The quantitative estimate of drug-likeness (QED) is 0.799. The van der Waals surface area contributed by atoms with Crippen LogP contribution in [0.1, 0.15) is 13.8 Å². The minimum atomic E-state index is 0.248. The summed E-state index contributed by atoms with van der Waals surface area (Å²) in [7, 11) is 0. The third kappa shape index (κ3) is 3.43. The fraction of sp³-hybridized carbons (Fsp3) is 0.727. The number of morpholine rings is 1. The molecule has 0 amide bonds. The molecule has 3 N–H and O–H groups in total. The van der Waals surface area contributed by atoms with Crippen LogP contribution >= 0.6 is 0 Å². The maximum atomic E-state index is 5.71. The lowest BCUT2D eigenvalue weighted by atomic mass is 10.2. The number of rotatable bonds is 4. The smallest absolute Gasteiger partial charge is 0.232 e. The minimum absolute atomic E-state index is 0.248. The van der Waals surface area contributed by atoms with Crippen molar-refractivity contribution in [3.8, 4) is 0 Å². The molecule has 0 spiro atoms. The SMILES string of the molecule is CC(C)CNc1nc(N)nc(N2CCOCC2)n1. The van der Waals surface area contributed by atoms with Crippen LogP contribution in [0.25, 0.3) is 0 Å². The van der Waals surface area contributed by atoms with Crippen LogP contribution in [0.3, 0.4) is 0 Å². The van der Waals surface area contributed by atoms with Gasteiger partial charge in [0.25, 0.3) is 0 Å². The molecule has 7 nitrogen and oxygen atoms in total. The molecule has 0 atom stereocenters. The number of nitrogens with one attached hydrogen (secondary N) is 1. The number of ether oxygens (including phenoxy) is 1. The highest BCUT2D eigenvalue weighted by Crippen LogP contribution is 2.13. The van der Waals surface area contributed by atoms with Crippen molar-refractivity contribution in [3.05, 3.63) is 0 Å². The van der Waals surface area contributed by atoms with Gasteiger partial charge in [0.15, 0.2) is 0 Å². The van der Waals surface area contributed by atoms with E-state index in [0.29, 0.717) is 31.0 Å². The van der Waals surface area contributed by atoms with Crippen molar-refractivity contribution in [1.82, 2.24) is 15.0 Å². The third-order valence-corrected chi connectivity index (χ3v) is 2.60. The van der Waals surface area contributed by atoms with Crippen molar-refractivity contribution < 1.29 is 4.74 Å². The first-order valence-electron chi connectivity index (χ1n) is 6.23. The summed E-state index contributed by atoms with van der Waals surface area (Å²) in [6.45, 7) is 8.02. The highest BCUT2D eigenvalue weighted by atomic mass is 16.5. The van der Waals surface area contributed by atoms with Crippen LogP contribution in [0, 0.1) is 5.92 Å². The normalized spacial score (nSPS) is 16.1. The van der Waals surface area contributed by atoms with E-state index in [1.807, 2.05) is 0 Å². The van der Waals surface area contributed by atoms with Gasteiger partial charge in [-0.15, -0.1) is 0 Å². The van der Waals surface area contributed by atoms with Crippen molar-refractivity contribution >= 4 is 17.8 Å². The summed E-state index contributed by atoms with van der Waals surface area (Å²) in [6, 6.07) is 0. The van der Waals surface area contributed by atoms with E-state index in [-0.39, 0.29) is 5.95 Å². The maximum Gasteiger partial charge on any atom is 0.232 e. The largest absolute Gasteiger partial charge is 0.378 e. The summed E-state index contributed by atoms with van der Waals surface area (Å²) < 4.78 is 5.30. The maximum absolute atomic E-state index is 5.71. The molecule has 1 aromatic heterocycles. The van der Waals surface area contributed by atoms with Gasteiger partial charge in [0, 0.05) is 19.6 Å². The lowest BCUT2D eigenvalue weighted by molar-refractivity contribution is 0.122. The lowest BCUT2D eigenvalue weighted by Crippen LogP contribution is -2.37. The molecule has 1 fully saturated rings. The third-order valence-electron chi connectivity index (χ3n) is 2.60. The molecule has 0 radical (unpaired) electrons. The molecule has 2 heterocycles. The van der Waals surface area contributed by atoms with Crippen molar-refractivity contribution in [2.45, 2.75) is 13.8 Å². The molecule has 18 heavy (non-hydrogen) atoms. The Morgan fingerprint density at radius 2 is 2.00 bits per heavy atom. The number of aromatic nitrogens is 3. The number of nitrogen functional groups attached to an aromatic ring is 1. The Bertz CT molecular complexity index is 391. The second-order valence-corrected chi connectivity index (χ2v) is 4.69. The van der Waals surface area contributed by atoms with Crippen LogP contribution in [-0.4, -0.2) is 47.8 Å². The van der Waals surface area contributed by atoms with Gasteiger partial charge in [-0.3, -0.25) is 0 Å². The summed E-state index contributed by atoms with van der Waals surface area (Å²) in [4.78, 5) is 14.7. The van der Waals surface area contributed by atoms with Crippen LogP contribution in [0.2, 0.25) is 0 Å². The number of anilines is 3. The van der Waals surface area contributed by atoms with E-state index in [4.69, 9.17) is 10.5 Å². The van der Waals surface area contributed by atoms with Gasteiger partial charge in [-0.2, -0.15) is 15.0 Å². The molecule has 0 unspecified atom stereocenters. The molecule has 1 aliphatic heterocycles. The number of nitrogens with two attached hydrogens (primary N) is 1. The summed E-state index contributed by atoms with van der Waals surface area (Å²) in [6.07, 6.45) is 0. The Kier molecular flexibility index (Phi) is 4.14. The molecule has 2 rings (SSSR count). The molecule has 0 aromatic carbocycles. The van der Waals surface area contributed by atoms with Crippen molar-refractivity contribution in [2.24, 2.45) is 5.92 Å². The van der Waals surface area contributed by atoms with Gasteiger partial charge in [-0.05, 0) is 5.92 Å². The summed E-state index contributed by atoms with van der Waals surface area (Å²) in [5, 5.41) is 3.16. The fourth-order valence-corrected chi connectivity index (χ4v) is 1.66. The summed E-state index contributed by atoms with van der Waals surface area (Å²) in [5.74, 6) is 1.93. The Morgan fingerprint density at radius 3 is 2.67 bits per heavy atom. The Labute approximate surface area is 107 Å². The first-order valence-corrected chi connectivity index (χ1v) is 6.23. The Hall–Kier alpha value is -1.63. The molecule has 1 aromatic rings. The lowest BCUT2D eigenvalue weighted by Gasteiger charge is -2.26. The van der Waals surface area contributed by atoms with Gasteiger partial charge in [-0.1, -0.05) is 13.8 Å². The fourth-order valence-electron chi connectivity index (χ4n) is 1.66. The summed E-state index contributed by atoms with van der Waals surface area (Å²) in [5.41, 5.74) is 5.71. The van der Waals surface area contributed by atoms with Crippen LogP contribution in [0.5, 0.6) is 0 Å². The first-order chi connectivity index (χ1) is 8.65. The standard InChI is InChI=1S/C11H20N6O/c1-8(2)7-13-10-14-9(12)15-11(16-10)17-3-5-18-6-4-17/h8H,3-7H2,1-2H3,(H3,12,13,14,15,16). The van der Waals surface area contributed by atoms with Crippen molar-refractivity contribution in [2.75, 3.05) is 48.8 Å². The van der Waals surface area contributed by atoms with Crippen LogP contribution < -0.4 is 16.0 Å². The number of hydrogen-bond donors (Lipinski definition) is 2. The predicted octanol–water partition coefficient (Wildman–Crippen LogP) is 0.358. The zero-order valence-electron chi connectivity index (χ0n) is 10.9. The number of nitrogens with zero attached hydrogens (tertiary/aromatic N) is 4. The van der Waals surface area contributed by atoms with E-state index in [2.05, 4.69) is 39.0 Å². The topological polar surface area (TPSA) is 89.2 Å². The Balaban J connectivity index is 2.09. The molecule has 100 valence electrons. The highest BCUT2D eigenvalue weighted by molar-refractivity contribution is 5.42. The van der Waals surface area contributed by atoms with Gasteiger partial charge < -0.3 is 20.7 Å². The number of hydrogen-bond acceptors (Lipinski definition) is 7. The molecule has 0 aliphatic carbocycles. The average Bonchev–Trinajstić information content (AvgIpc) is 2.37. The van der Waals surface area contributed by atoms with Crippen LogP contribution in [0.15, 0.2) is 0 Å². The van der Waals surface area contributed by atoms with E-state index in [1.165, 1.54) is 0 Å². The first kappa shape index (κ1) is 12.8. The second kappa shape index (κ2) is 5.81. The molecule has 7 heteroatoms. The molecule has 1 saturated heterocycles. The van der Waals surface area contributed by atoms with Crippen LogP contribution in [0.4, 0.5) is 17.8 Å². The molecule has 0 bridgehead atoms. The monoisotopic (exact) mass is 252 g/mol. The molecular weight excluding hydrogens is 232 g/mol. The van der Waals surface area contributed by atoms with E-state index >= 15 is 0 Å². The van der Waals surface area contributed by atoms with E-state index in [0.717, 1.165) is 19.6 Å². The zero-order chi connectivity index (χ0) is 13.0. The minimum Gasteiger partial charge on any atom is -0.378 e. The van der Waals surface area contributed by atoms with E-state index in [1.54, 1.807) is 0 Å². The van der Waals surface area contributed by atoms with Gasteiger partial charge in [0.05, 0.1) is 13.2 Å². The molecular formula is C11H20N6O. The average molecular weight is 252 g/mol. The van der Waals surface area contributed by atoms with Gasteiger partial charge >= 0.3 is 0 Å². The van der Waals surface area contributed by atoms with Gasteiger partial charge in [-0.25, -0.2) is 0 Å². The van der Waals surface area contributed by atoms with Crippen molar-refractivity contribution in [1.29, 1.82) is 0 Å². The van der Waals surface area contributed by atoms with E-state index in [9.17, 15) is 0 Å². The van der Waals surface area contributed by atoms with E-state index < -0.39 is 0 Å². The second-order valence-electron chi connectivity index (χ2n) is 4.69. The molecule has 1 aliphatic rings. The van der Waals surface area contributed by atoms with Gasteiger partial charge in [0.2, 0.25) is 17.8 Å². The predicted molar refractivity (Wildman–Crippen MR) is 70.6 cm³/mol. The highest BCUT2D eigenvalue weighted by Gasteiger charge is 2.15. The van der Waals surface area contributed by atoms with Crippen LogP contribution in [-0.2, 0) is 4.74 Å². The van der Waals surface area contributed by atoms with Crippen molar-refractivity contribution in [3.63, 3.8) is 0 Å².